The van der Waals surface area contributed by atoms with E-state index in [0.717, 1.165) is 23.7 Å². The third-order valence-electron chi connectivity index (χ3n) is 6.17. The van der Waals surface area contributed by atoms with Crippen LogP contribution in [0.25, 0.3) is 10.9 Å². The van der Waals surface area contributed by atoms with Crippen LogP contribution in [0.4, 0.5) is 0 Å². The van der Waals surface area contributed by atoms with Crippen LogP contribution in [0.5, 0.6) is 5.75 Å². The van der Waals surface area contributed by atoms with Gasteiger partial charge in [0.1, 0.15) is 5.75 Å². The summed E-state index contributed by atoms with van der Waals surface area (Å²) in [5, 5.41) is 4.78. The van der Waals surface area contributed by atoms with Gasteiger partial charge in [-0.15, -0.1) is 6.58 Å². The zero-order chi connectivity index (χ0) is 17.4. The fourth-order valence-corrected chi connectivity index (χ4v) is 4.82. The zero-order valence-corrected chi connectivity index (χ0v) is 15.1. The third kappa shape index (κ3) is 2.83. The number of piperidine rings is 3. The van der Waals surface area contributed by atoms with E-state index in [0.29, 0.717) is 18.0 Å². The number of methoxy groups -OCH3 is 1. The first kappa shape index (κ1) is 16.6. The number of nitrogens with zero attached hydrogens (tertiary/aromatic N) is 2. The van der Waals surface area contributed by atoms with Gasteiger partial charge in [0, 0.05) is 30.2 Å². The van der Waals surface area contributed by atoms with Crippen molar-refractivity contribution in [3.63, 3.8) is 0 Å². The number of pyridine rings is 1. The molecule has 3 aliphatic heterocycles. The average Bonchev–Trinajstić information content (AvgIpc) is 2.68. The van der Waals surface area contributed by atoms with Crippen LogP contribution in [0, 0.1) is 11.8 Å². The second-order valence-corrected chi connectivity index (χ2v) is 7.30. The lowest BCUT2D eigenvalue weighted by molar-refractivity contribution is 0.00251. The zero-order valence-electron chi connectivity index (χ0n) is 15.1. The van der Waals surface area contributed by atoms with Crippen LogP contribution in [0.2, 0.25) is 0 Å². The summed E-state index contributed by atoms with van der Waals surface area (Å²) >= 11 is 0. The van der Waals surface area contributed by atoms with E-state index in [1.54, 1.807) is 7.11 Å². The fraction of sp³-hybridized carbons (Fsp3) is 0.476. The Morgan fingerprint density at radius 2 is 2.28 bits per heavy atom. The summed E-state index contributed by atoms with van der Waals surface area (Å²) in [6.45, 7) is 6.39. The van der Waals surface area contributed by atoms with Crippen LogP contribution in [0.1, 0.15) is 24.4 Å². The number of hydrogen-bond acceptors (Lipinski definition) is 4. The summed E-state index contributed by atoms with van der Waals surface area (Å²) in [7, 11) is 3.79. The number of likely N-dealkylation sites (N-methyl/N-ethyl adjacent to an activating group) is 1. The molecule has 3 saturated heterocycles. The van der Waals surface area contributed by atoms with E-state index in [2.05, 4.69) is 47.0 Å². The minimum atomic E-state index is 0.297. The van der Waals surface area contributed by atoms with Crippen molar-refractivity contribution in [2.75, 3.05) is 27.2 Å². The minimum Gasteiger partial charge on any atom is -0.497 e. The highest BCUT2D eigenvalue weighted by molar-refractivity contribution is 5.84. The molecule has 5 rings (SSSR count). The Morgan fingerprint density at radius 1 is 1.40 bits per heavy atom. The lowest BCUT2D eigenvalue weighted by Crippen LogP contribution is -2.56. The fourth-order valence-electron chi connectivity index (χ4n) is 4.82. The Kier molecular flexibility index (Phi) is 4.48. The van der Waals surface area contributed by atoms with Crippen molar-refractivity contribution in [3.8, 4) is 5.75 Å². The Labute approximate surface area is 149 Å². The molecule has 4 unspecified atom stereocenters. The number of aromatic nitrogens is 1. The van der Waals surface area contributed by atoms with Crippen molar-refractivity contribution in [1.29, 1.82) is 0 Å². The Morgan fingerprint density at radius 3 is 2.96 bits per heavy atom. The molecule has 0 aliphatic carbocycles. The molecule has 0 amide bonds. The van der Waals surface area contributed by atoms with Crippen molar-refractivity contribution in [1.82, 2.24) is 15.2 Å². The van der Waals surface area contributed by atoms with Crippen LogP contribution in [0.15, 0.2) is 43.1 Å². The van der Waals surface area contributed by atoms with Crippen LogP contribution in [-0.2, 0) is 0 Å². The molecule has 1 aromatic heterocycles. The average molecular weight is 337 g/mol. The molecule has 4 heterocycles. The van der Waals surface area contributed by atoms with Gasteiger partial charge in [-0.05, 0) is 68.1 Å². The Hall–Kier alpha value is -1.91. The second-order valence-electron chi connectivity index (χ2n) is 7.30. The molecule has 5 atom stereocenters. The van der Waals surface area contributed by atoms with E-state index in [1.807, 2.05) is 18.3 Å². The maximum atomic E-state index is 5.44. The first-order chi connectivity index (χ1) is 12.2. The third-order valence-corrected chi connectivity index (χ3v) is 6.17. The maximum Gasteiger partial charge on any atom is 0.119 e. The van der Waals surface area contributed by atoms with Gasteiger partial charge < -0.3 is 10.1 Å². The van der Waals surface area contributed by atoms with Crippen molar-refractivity contribution in [2.24, 2.45) is 11.8 Å². The number of fused-ring (bicyclic) bond motifs is 4. The molecule has 25 heavy (non-hydrogen) atoms. The number of rotatable bonds is 5. The van der Waals surface area contributed by atoms with Gasteiger partial charge >= 0.3 is 0 Å². The normalized spacial score (nSPS) is 29.5. The van der Waals surface area contributed by atoms with E-state index in [1.165, 1.54) is 30.3 Å². The smallest absolute Gasteiger partial charge is 0.119 e. The van der Waals surface area contributed by atoms with Crippen LogP contribution < -0.4 is 10.1 Å². The molecule has 3 fully saturated rings. The van der Waals surface area contributed by atoms with E-state index in [9.17, 15) is 0 Å². The molecule has 2 bridgehead atoms. The topological polar surface area (TPSA) is 37.4 Å². The van der Waals surface area contributed by atoms with Gasteiger partial charge in [-0.1, -0.05) is 6.08 Å². The monoisotopic (exact) mass is 337 g/mol. The van der Waals surface area contributed by atoms with Gasteiger partial charge in [0.05, 0.1) is 12.6 Å². The van der Waals surface area contributed by atoms with Crippen molar-refractivity contribution >= 4 is 10.9 Å². The van der Waals surface area contributed by atoms with Gasteiger partial charge in [0.15, 0.2) is 0 Å². The Bertz CT molecular complexity index is 775. The first-order valence-corrected chi connectivity index (χ1v) is 9.21. The van der Waals surface area contributed by atoms with E-state index >= 15 is 0 Å². The molecule has 4 nitrogen and oxygen atoms in total. The van der Waals surface area contributed by atoms with E-state index in [4.69, 9.17) is 4.74 Å². The number of ether oxygens (including phenoxy) is 1. The molecular weight excluding hydrogens is 310 g/mol. The Balaban J connectivity index is 1.72. The summed E-state index contributed by atoms with van der Waals surface area (Å²) < 4.78 is 5.44. The van der Waals surface area contributed by atoms with Crippen molar-refractivity contribution < 1.29 is 4.74 Å². The minimum absolute atomic E-state index is 0.297. The van der Waals surface area contributed by atoms with E-state index < -0.39 is 0 Å². The van der Waals surface area contributed by atoms with Crippen LogP contribution in [-0.4, -0.2) is 43.2 Å². The maximum absolute atomic E-state index is 5.44. The lowest BCUT2D eigenvalue weighted by Gasteiger charge is -2.51. The molecule has 1 N–H and O–H groups in total. The molecule has 3 aliphatic rings. The molecule has 4 heteroatoms. The standard InChI is InChI=1S/C21H27N3O/c1-4-14-13-24-10-8-15(14)11-20(24)21(22-2)17-7-9-23-19-6-5-16(25-3)12-18(17)19/h4-7,9,12,14-15,20-22H,1,8,10-11,13H2,2-3H3/t14?,15?,20?,21-/m1/s1. The number of nitrogens with one attached hydrogen (secondary N) is 1. The van der Waals surface area contributed by atoms with E-state index in [-0.39, 0.29) is 0 Å². The van der Waals surface area contributed by atoms with Gasteiger partial charge in [-0.2, -0.15) is 0 Å². The van der Waals surface area contributed by atoms with Gasteiger partial charge in [0.2, 0.25) is 0 Å². The van der Waals surface area contributed by atoms with Gasteiger partial charge in [0.25, 0.3) is 0 Å². The highest BCUT2D eigenvalue weighted by Gasteiger charge is 2.42. The van der Waals surface area contributed by atoms with Crippen molar-refractivity contribution in [2.45, 2.75) is 24.9 Å². The molecule has 132 valence electrons. The summed E-state index contributed by atoms with van der Waals surface area (Å²) in [5.74, 6) is 2.30. The first-order valence-electron chi connectivity index (χ1n) is 9.21. The van der Waals surface area contributed by atoms with Crippen LogP contribution >= 0.6 is 0 Å². The highest BCUT2D eigenvalue weighted by atomic mass is 16.5. The summed E-state index contributed by atoms with van der Waals surface area (Å²) in [6.07, 6.45) is 6.62. The van der Waals surface area contributed by atoms with Gasteiger partial charge in [-0.25, -0.2) is 0 Å². The summed E-state index contributed by atoms with van der Waals surface area (Å²) in [6, 6.07) is 9.13. The molecule has 2 aromatic rings. The highest BCUT2D eigenvalue weighted by Crippen LogP contribution is 2.42. The van der Waals surface area contributed by atoms with Crippen LogP contribution in [0.3, 0.4) is 0 Å². The predicted molar refractivity (Wildman–Crippen MR) is 102 cm³/mol. The van der Waals surface area contributed by atoms with Crippen molar-refractivity contribution in [3.05, 3.63) is 48.7 Å². The summed E-state index contributed by atoms with van der Waals surface area (Å²) in [4.78, 5) is 7.19. The van der Waals surface area contributed by atoms with Gasteiger partial charge in [-0.3, -0.25) is 9.88 Å². The largest absolute Gasteiger partial charge is 0.497 e. The quantitative estimate of drug-likeness (QED) is 0.849. The summed E-state index contributed by atoms with van der Waals surface area (Å²) in [5.41, 5.74) is 2.34. The number of hydrogen-bond donors (Lipinski definition) is 1. The molecular formula is C21H27N3O. The predicted octanol–water partition coefficient (Wildman–Crippen LogP) is 3.40. The molecule has 0 saturated carbocycles. The molecule has 1 aromatic carbocycles. The SMILES string of the molecule is C=CC1CN2CCC1CC2[C@H](NC)c1ccnc2ccc(OC)cc12. The molecule has 0 spiro atoms. The lowest BCUT2D eigenvalue weighted by atomic mass is 9.73. The molecule has 0 radical (unpaired) electrons. The number of benzene rings is 1. The second kappa shape index (κ2) is 6.77.